The van der Waals surface area contributed by atoms with Gasteiger partial charge >= 0.3 is 0 Å². The highest BCUT2D eigenvalue weighted by Crippen LogP contribution is 2.26. The fourth-order valence-electron chi connectivity index (χ4n) is 2.00. The van der Waals surface area contributed by atoms with Crippen LogP contribution in [0.5, 0.6) is 0 Å². The van der Waals surface area contributed by atoms with Crippen molar-refractivity contribution in [2.75, 3.05) is 0 Å². The molecule has 0 radical (unpaired) electrons. The fourth-order valence-corrected chi connectivity index (χ4v) is 2.41. The minimum absolute atomic E-state index is 0.158. The van der Waals surface area contributed by atoms with Crippen LogP contribution in [0.15, 0.2) is 40.9 Å². The van der Waals surface area contributed by atoms with E-state index in [4.69, 9.17) is 0 Å². The number of benzene rings is 2. The second kappa shape index (κ2) is 6.15. The molecule has 0 aliphatic heterocycles. The molecule has 0 heterocycles. The van der Waals surface area contributed by atoms with Gasteiger partial charge in [0.25, 0.3) is 0 Å². The largest absolute Gasteiger partial charge is 0.292 e. The monoisotopic (exact) mass is 349 g/mol. The van der Waals surface area contributed by atoms with Crippen molar-refractivity contribution in [1.29, 1.82) is 5.26 Å². The van der Waals surface area contributed by atoms with E-state index >= 15 is 0 Å². The Bertz CT molecular complexity index is 752. The van der Waals surface area contributed by atoms with Gasteiger partial charge in [0, 0.05) is 4.47 Å². The summed E-state index contributed by atoms with van der Waals surface area (Å²) in [6.07, 6.45) is 0. The van der Waals surface area contributed by atoms with Gasteiger partial charge in [-0.2, -0.15) is 5.26 Å². The van der Waals surface area contributed by atoms with E-state index in [0.717, 1.165) is 6.07 Å². The van der Waals surface area contributed by atoms with E-state index in [0.29, 0.717) is 10.0 Å². The van der Waals surface area contributed by atoms with Crippen molar-refractivity contribution >= 4 is 21.7 Å². The Morgan fingerprint density at radius 1 is 1.29 bits per heavy atom. The van der Waals surface area contributed by atoms with Crippen LogP contribution < -0.4 is 0 Å². The lowest BCUT2D eigenvalue weighted by molar-refractivity contribution is 0.0970. The summed E-state index contributed by atoms with van der Waals surface area (Å²) in [6.45, 7) is 1.44. The summed E-state index contributed by atoms with van der Waals surface area (Å²) in [4.78, 5) is 12.4. The molecule has 2 aromatic carbocycles. The van der Waals surface area contributed by atoms with Crippen molar-refractivity contribution in [3.05, 3.63) is 69.2 Å². The predicted molar refractivity (Wildman–Crippen MR) is 77.9 cm³/mol. The van der Waals surface area contributed by atoms with E-state index in [-0.39, 0.29) is 5.56 Å². The molecule has 1 unspecified atom stereocenters. The number of aryl methyl sites for hydroxylation is 1. The normalized spacial score (nSPS) is 11.8. The molecule has 0 aliphatic carbocycles. The van der Waals surface area contributed by atoms with Crippen LogP contribution in [0, 0.1) is 29.9 Å². The molecule has 0 fully saturated rings. The first-order valence-electron chi connectivity index (χ1n) is 6.09. The number of nitriles is 1. The van der Waals surface area contributed by atoms with Crippen LogP contribution in [0.3, 0.4) is 0 Å². The van der Waals surface area contributed by atoms with Gasteiger partial charge in [-0.05, 0) is 36.2 Å². The number of halogens is 3. The van der Waals surface area contributed by atoms with Crippen LogP contribution in [0.1, 0.15) is 27.4 Å². The summed E-state index contributed by atoms with van der Waals surface area (Å²) in [6, 6.07) is 10.6. The zero-order valence-corrected chi connectivity index (χ0v) is 12.6. The Labute approximate surface area is 129 Å². The average Bonchev–Trinajstić information content (AvgIpc) is 2.44. The molecule has 0 aromatic heterocycles. The number of ketones is 1. The lowest BCUT2D eigenvalue weighted by Gasteiger charge is -2.11. The van der Waals surface area contributed by atoms with Crippen molar-refractivity contribution in [3.8, 4) is 6.07 Å². The molecule has 106 valence electrons. The number of carbonyl (C=O) groups excluding carboxylic acids is 1. The molecule has 2 aromatic rings. The molecule has 2 rings (SSSR count). The zero-order valence-electron chi connectivity index (χ0n) is 11.0. The van der Waals surface area contributed by atoms with Crippen LogP contribution >= 0.6 is 15.9 Å². The van der Waals surface area contributed by atoms with Gasteiger partial charge in [0.15, 0.2) is 5.78 Å². The van der Waals surface area contributed by atoms with Gasteiger partial charge in [-0.1, -0.05) is 34.1 Å². The highest BCUT2D eigenvalue weighted by molar-refractivity contribution is 9.10. The molecule has 0 N–H and O–H groups in total. The number of rotatable bonds is 3. The van der Waals surface area contributed by atoms with Gasteiger partial charge in [-0.15, -0.1) is 0 Å². The molecule has 0 amide bonds. The van der Waals surface area contributed by atoms with Gasteiger partial charge < -0.3 is 0 Å². The van der Waals surface area contributed by atoms with Crippen molar-refractivity contribution in [1.82, 2.24) is 0 Å². The molecule has 21 heavy (non-hydrogen) atoms. The predicted octanol–water partition coefficient (Wildman–Crippen LogP) is 4.53. The van der Waals surface area contributed by atoms with Gasteiger partial charge in [0.05, 0.1) is 11.6 Å². The molecule has 0 saturated carbocycles. The molecule has 1 atom stereocenters. The number of carbonyl (C=O) groups is 1. The second-order valence-corrected chi connectivity index (χ2v) is 5.45. The smallest absolute Gasteiger partial charge is 0.190 e. The fraction of sp³-hybridized carbons (Fsp3) is 0.125. The summed E-state index contributed by atoms with van der Waals surface area (Å²) in [5.74, 6) is -4.02. The van der Waals surface area contributed by atoms with Gasteiger partial charge in [-0.3, -0.25) is 4.79 Å². The van der Waals surface area contributed by atoms with Crippen molar-refractivity contribution in [2.24, 2.45) is 0 Å². The average molecular weight is 350 g/mol. The molecule has 0 spiro atoms. The molecule has 0 aliphatic rings. The van der Waals surface area contributed by atoms with Crippen molar-refractivity contribution in [3.63, 3.8) is 0 Å². The number of hydrogen-bond donors (Lipinski definition) is 0. The van der Waals surface area contributed by atoms with Crippen LogP contribution in [0.4, 0.5) is 8.78 Å². The maximum Gasteiger partial charge on any atom is 0.190 e. The Kier molecular flexibility index (Phi) is 4.49. The third kappa shape index (κ3) is 3.01. The van der Waals surface area contributed by atoms with E-state index < -0.39 is 28.9 Å². The summed E-state index contributed by atoms with van der Waals surface area (Å²) < 4.78 is 28.5. The molecule has 0 bridgehead atoms. The van der Waals surface area contributed by atoms with Gasteiger partial charge in [0.1, 0.15) is 17.6 Å². The molecular formula is C16H10BrF2NO. The van der Waals surface area contributed by atoms with E-state index in [1.807, 2.05) is 6.07 Å². The number of nitrogens with zero attached hydrogens (tertiary/aromatic N) is 1. The topological polar surface area (TPSA) is 40.9 Å². The maximum absolute atomic E-state index is 14.0. The molecular weight excluding hydrogens is 340 g/mol. The summed E-state index contributed by atoms with van der Waals surface area (Å²) >= 11 is 3.24. The Hall–Kier alpha value is -2.06. The standard InChI is InChI=1S/C16H10BrF2NO/c1-9-5-6-13(18)14(15(9)19)16(21)12(8-20)10-3-2-4-11(17)7-10/h2-7,12H,1H3. The van der Waals surface area contributed by atoms with E-state index in [9.17, 15) is 18.8 Å². The Morgan fingerprint density at radius 2 is 2.00 bits per heavy atom. The van der Waals surface area contributed by atoms with Gasteiger partial charge in [0.2, 0.25) is 0 Å². The Balaban J connectivity index is 2.53. The Morgan fingerprint density at radius 3 is 2.62 bits per heavy atom. The van der Waals surface area contributed by atoms with E-state index in [1.54, 1.807) is 24.3 Å². The third-order valence-corrected chi connectivity index (χ3v) is 3.60. The number of hydrogen-bond acceptors (Lipinski definition) is 2. The minimum Gasteiger partial charge on any atom is -0.292 e. The highest BCUT2D eigenvalue weighted by atomic mass is 79.9. The molecule has 0 saturated heterocycles. The first kappa shape index (κ1) is 15.3. The van der Waals surface area contributed by atoms with Crippen molar-refractivity contribution in [2.45, 2.75) is 12.8 Å². The van der Waals surface area contributed by atoms with Gasteiger partial charge in [-0.25, -0.2) is 8.78 Å². The van der Waals surface area contributed by atoms with Crippen molar-refractivity contribution < 1.29 is 13.6 Å². The summed E-state index contributed by atoms with van der Waals surface area (Å²) in [5.41, 5.74) is -0.121. The molecule has 2 nitrogen and oxygen atoms in total. The first-order chi connectivity index (χ1) is 9.95. The van der Waals surface area contributed by atoms with E-state index in [1.165, 1.54) is 13.0 Å². The van der Waals surface area contributed by atoms with Crippen LogP contribution in [-0.2, 0) is 0 Å². The summed E-state index contributed by atoms with van der Waals surface area (Å²) in [7, 11) is 0. The van der Waals surface area contributed by atoms with E-state index in [2.05, 4.69) is 15.9 Å². The van der Waals surface area contributed by atoms with Crippen LogP contribution in [0.25, 0.3) is 0 Å². The molecule has 5 heteroatoms. The highest BCUT2D eigenvalue weighted by Gasteiger charge is 2.28. The second-order valence-electron chi connectivity index (χ2n) is 4.53. The zero-order chi connectivity index (χ0) is 15.6. The lowest BCUT2D eigenvalue weighted by Crippen LogP contribution is -2.15. The maximum atomic E-state index is 14.0. The summed E-state index contributed by atoms with van der Waals surface area (Å²) in [5, 5.41) is 9.22. The minimum atomic E-state index is -1.26. The van der Waals surface area contributed by atoms with Crippen LogP contribution in [0.2, 0.25) is 0 Å². The number of Topliss-reactive ketones (excluding diaryl/α,β-unsaturated/α-hetero) is 1. The lowest BCUT2D eigenvalue weighted by atomic mass is 9.90. The van der Waals surface area contributed by atoms with Crippen LogP contribution in [-0.4, -0.2) is 5.78 Å². The quantitative estimate of drug-likeness (QED) is 0.764. The third-order valence-electron chi connectivity index (χ3n) is 3.10. The SMILES string of the molecule is Cc1ccc(F)c(C(=O)C(C#N)c2cccc(Br)c2)c1F. The first-order valence-corrected chi connectivity index (χ1v) is 6.89.